The Morgan fingerprint density at radius 1 is 1.20 bits per heavy atom. The second-order valence-corrected chi connectivity index (χ2v) is 5.51. The third-order valence-electron chi connectivity index (χ3n) is 3.80. The van der Waals surface area contributed by atoms with Crippen molar-refractivity contribution in [3.63, 3.8) is 0 Å². The van der Waals surface area contributed by atoms with Crippen LogP contribution in [0.1, 0.15) is 6.42 Å². The van der Waals surface area contributed by atoms with E-state index in [2.05, 4.69) is 21.9 Å². The molecule has 25 heavy (non-hydrogen) atoms. The molecule has 4 N–H and O–H groups in total. The summed E-state index contributed by atoms with van der Waals surface area (Å²) in [6.45, 7) is 4.46. The average Bonchev–Trinajstić information content (AvgIpc) is 3.11. The molecule has 2 heterocycles. The highest BCUT2D eigenvalue weighted by Crippen LogP contribution is 2.24. The second-order valence-electron chi connectivity index (χ2n) is 5.51. The van der Waals surface area contributed by atoms with Crippen LogP contribution in [0.2, 0.25) is 0 Å². The third-order valence-corrected chi connectivity index (χ3v) is 3.80. The van der Waals surface area contributed by atoms with Crippen molar-refractivity contribution in [2.75, 3.05) is 11.9 Å². The van der Waals surface area contributed by atoms with Crippen molar-refractivity contribution in [2.24, 2.45) is 5.73 Å². The quantitative estimate of drug-likeness (QED) is 0.571. The van der Waals surface area contributed by atoms with Crippen molar-refractivity contribution in [3.05, 3.63) is 79.2 Å². The van der Waals surface area contributed by atoms with Gasteiger partial charge in [0.2, 0.25) is 0 Å². The van der Waals surface area contributed by atoms with Crippen LogP contribution in [0.5, 0.6) is 0 Å². The number of allylic oxidation sites excluding steroid dienone is 3. The molecule has 5 nitrogen and oxygen atoms in total. The molecule has 0 radical (unpaired) electrons. The lowest BCUT2D eigenvalue weighted by Gasteiger charge is -2.09. The Bertz CT molecular complexity index is 906. The Hall–Kier alpha value is -3.34. The largest absolute Gasteiger partial charge is 0.405 e. The van der Waals surface area contributed by atoms with E-state index in [0.717, 1.165) is 41.0 Å². The van der Waals surface area contributed by atoms with E-state index in [0.29, 0.717) is 5.82 Å². The molecule has 2 aromatic heterocycles. The van der Waals surface area contributed by atoms with Crippen LogP contribution in [0.3, 0.4) is 0 Å². The fourth-order valence-corrected chi connectivity index (χ4v) is 2.61. The first-order valence-electron chi connectivity index (χ1n) is 8.16. The van der Waals surface area contributed by atoms with Gasteiger partial charge < -0.3 is 16.0 Å². The fourth-order valence-electron chi connectivity index (χ4n) is 2.61. The number of H-pyrrole nitrogens is 1. The van der Waals surface area contributed by atoms with E-state index in [1.54, 1.807) is 6.08 Å². The van der Waals surface area contributed by atoms with Crippen LogP contribution in [-0.2, 0) is 0 Å². The molecule has 0 saturated heterocycles. The molecule has 3 aromatic rings. The summed E-state index contributed by atoms with van der Waals surface area (Å²) in [5, 5.41) is 4.39. The van der Waals surface area contributed by atoms with Crippen molar-refractivity contribution in [1.29, 1.82) is 0 Å². The number of nitrogens with two attached hydrogens (primary N) is 1. The van der Waals surface area contributed by atoms with E-state index in [1.165, 1.54) is 6.20 Å². The topological polar surface area (TPSA) is 79.6 Å². The summed E-state index contributed by atoms with van der Waals surface area (Å²) in [5.74, 6) is 1.52. The summed E-state index contributed by atoms with van der Waals surface area (Å²) in [6.07, 6.45) is 9.82. The van der Waals surface area contributed by atoms with Gasteiger partial charge in [-0.25, -0.2) is 9.97 Å². The predicted molar refractivity (Wildman–Crippen MR) is 104 cm³/mol. The van der Waals surface area contributed by atoms with Gasteiger partial charge in [0.25, 0.3) is 0 Å². The lowest BCUT2D eigenvalue weighted by Crippen LogP contribution is -2.06. The van der Waals surface area contributed by atoms with Crippen LogP contribution >= 0.6 is 0 Å². The first kappa shape index (κ1) is 16.5. The van der Waals surface area contributed by atoms with Gasteiger partial charge >= 0.3 is 0 Å². The van der Waals surface area contributed by atoms with Gasteiger partial charge in [0.1, 0.15) is 11.5 Å². The molecule has 0 bridgehead atoms. The zero-order valence-electron chi connectivity index (χ0n) is 13.9. The number of fused-ring (bicyclic) bond motifs is 1. The average molecular weight is 331 g/mol. The smallest absolute Gasteiger partial charge is 0.163 e. The predicted octanol–water partition coefficient (Wildman–Crippen LogP) is 4.01. The number of hydrogen-bond donors (Lipinski definition) is 3. The first-order valence-corrected chi connectivity index (χ1v) is 8.16. The summed E-state index contributed by atoms with van der Waals surface area (Å²) in [5.41, 5.74) is 8.40. The molecular weight excluding hydrogens is 310 g/mol. The fraction of sp³-hybridized carbons (Fsp3) is 0.100. The Morgan fingerprint density at radius 3 is 2.80 bits per heavy atom. The van der Waals surface area contributed by atoms with Crippen LogP contribution < -0.4 is 11.1 Å². The molecule has 0 atom stereocenters. The van der Waals surface area contributed by atoms with E-state index < -0.39 is 0 Å². The number of hydrogen-bond acceptors (Lipinski definition) is 4. The Balaban J connectivity index is 1.84. The minimum absolute atomic E-state index is 0.696. The summed E-state index contributed by atoms with van der Waals surface area (Å²) in [7, 11) is 0. The molecule has 126 valence electrons. The van der Waals surface area contributed by atoms with Crippen molar-refractivity contribution in [3.8, 4) is 11.4 Å². The molecule has 0 aliphatic heterocycles. The van der Waals surface area contributed by atoms with Gasteiger partial charge in [-0.3, -0.25) is 0 Å². The van der Waals surface area contributed by atoms with Crippen molar-refractivity contribution in [2.45, 2.75) is 6.42 Å². The normalized spacial score (nSPS) is 11.9. The summed E-state index contributed by atoms with van der Waals surface area (Å²) in [6, 6.07) is 11.9. The van der Waals surface area contributed by atoms with Crippen molar-refractivity contribution in [1.82, 2.24) is 15.0 Å². The van der Waals surface area contributed by atoms with Gasteiger partial charge in [0.05, 0.1) is 5.39 Å². The maximum absolute atomic E-state index is 5.49. The first-order chi connectivity index (χ1) is 12.3. The number of aromatic nitrogens is 3. The molecule has 5 heteroatoms. The SMILES string of the molecule is C=C/C=C(\C=C/N)CCNc1nc(-c2ccccc2)nc2[nH]ccc12. The van der Waals surface area contributed by atoms with Crippen molar-refractivity contribution < 1.29 is 0 Å². The molecule has 0 fully saturated rings. The summed E-state index contributed by atoms with van der Waals surface area (Å²) in [4.78, 5) is 12.5. The van der Waals surface area contributed by atoms with Crippen LogP contribution in [0.4, 0.5) is 5.82 Å². The van der Waals surface area contributed by atoms with E-state index in [-0.39, 0.29) is 0 Å². The molecule has 0 aliphatic rings. The van der Waals surface area contributed by atoms with E-state index in [1.807, 2.05) is 54.7 Å². The van der Waals surface area contributed by atoms with E-state index >= 15 is 0 Å². The van der Waals surface area contributed by atoms with Gasteiger partial charge in [-0.05, 0) is 30.3 Å². The Kier molecular flexibility index (Phi) is 5.26. The molecule has 0 unspecified atom stereocenters. The van der Waals surface area contributed by atoms with E-state index in [9.17, 15) is 0 Å². The number of nitrogens with one attached hydrogen (secondary N) is 2. The minimum Gasteiger partial charge on any atom is -0.405 e. The van der Waals surface area contributed by atoms with E-state index in [4.69, 9.17) is 10.7 Å². The highest BCUT2D eigenvalue weighted by atomic mass is 15.1. The monoisotopic (exact) mass is 331 g/mol. The lowest BCUT2D eigenvalue weighted by atomic mass is 10.1. The highest BCUT2D eigenvalue weighted by Gasteiger charge is 2.09. The maximum Gasteiger partial charge on any atom is 0.163 e. The third kappa shape index (κ3) is 3.95. The maximum atomic E-state index is 5.49. The number of nitrogens with zero attached hydrogens (tertiary/aromatic N) is 2. The second kappa shape index (κ2) is 7.97. The Labute approximate surface area is 147 Å². The van der Waals surface area contributed by atoms with Crippen LogP contribution in [0, 0.1) is 0 Å². The Morgan fingerprint density at radius 2 is 2.04 bits per heavy atom. The standard InChI is InChI=1S/C20H21N5/c1-2-6-15(9-12-21)10-13-22-19-17-11-14-23-20(17)25-18(24-19)16-7-4-3-5-8-16/h2-9,11-12,14H,1,10,13,21H2,(H2,22,23,24,25)/b12-9-,15-6+. The van der Waals surface area contributed by atoms with Crippen LogP contribution in [0.15, 0.2) is 79.2 Å². The zero-order valence-corrected chi connectivity index (χ0v) is 13.9. The zero-order chi connectivity index (χ0) is 17.5. The molecule has 0 aliphatic carbocycles. The van der Waals surface area contributed by atoms with Gasteiger partial charge in [-0.1, -0.05) is 49.1 Å². The van der Waals surface area contributed by atoms with Gasteiger partial charge in [0.15, 0.2) is 5.82 Å². The minimum atomic E-state index is 0.696. The van der Waals surface area contributed by atoms with Crippen LogP contribution in [-0.4, -0.2) is 21.5 Å². The van der Waals surface area contributed by atoms with Gasteiger partial charge in [-0.15, -0.1) is 0 Å². The lowest BCUT2D eigenvalue weighted by molar-refractivity contribution is 1.01. The highest BCUT2D eigenvalue weighted by molar-refractivity contribution is 5.88. The number of anilines is 1. The number of aromatic amines is 1. The summed E-state index contributed by atoms with van der Waals surface area (Å²) >= 11 is 0. The summed E-state index contributed by atoms with van der Waals surface area (Å²) < 4.78 is 0. The molecule has 3 rings (SSSR count). The molecular formula is C20H21N5. The number of rotatable bonds is 7. The van der Waals surface area contributed by atoms with Crippen molar-refractivity contribution >= 4 is 16.9 Å². The number of benzene rings is 1. The molecule has 1 aromatic carbocycles. The van der Waals surface area contributed by atoms with Gasteiger partial charge in [0, 0.05) is 18.3 Å². The molecule has 0 spiro atoms. The molecule has 0 saturated carbocycles. The van der Waals surface area contributed by atoms with Crippen LogP contribution in [0.25, 0.3) is 22.4 Å². The molecule has 0 amide bonds. The van der Waals surface area contributed by atoms with Gasteiger partial charge in [-0.2, -0.15) is 0 Å².